The minimum absolute atomic E-state index is 0.118. The summed E-state index contributed by atoms with van der Waals surface area (Å²) in [6, 6.07) is 3.31. The number of amides is 2. The summed E-state index contributed by atoms with van der Waals surface area (Å²) in [5.41, 5.74) is 0.850. The first-order valence-corrected chi connectivity index (χ1v) is 8.48. The van der Waals surface area contributed by atoms with Crippen molar-refractivity contribution in [3.8, 4) is 0 Å². The second kappa shape index (κ2) is 6.49. The van der Waals surface area contributed by atoms with Crippen molar-refractivity contribution in [2.24, 2.45) is 0 Å². The Hall–Kier alpha value is -1.59. The lowest BCUT2D eigenvalue weighted by atomic mass is 9.94. The molecule has 0 bridgehead atoms. The number of benzene rings is 1. The molecule has 124 valence electrons. The molecule has 1 fully saturated rings. The Bertz CT molecular complexity index is 637. The van der Waals surface area contributed by atoms with E-state index in [0.29, 0.717) is 34.7 Å². The van der Waals surface area contributed by atoms with E-state index in [0.717, 1.165) is 25.7 Å². The molecule has 0 saturated heterocycles. The number of anilines is 1. The molecular formula is C17H21ClN2O3. The van der Waals surface area contributed by atoms with E-state index in [9.17, 15) is 14.7 Å². The third-order valence-electron chi connectivity index (χ3n) is 4.71. The molecule has 23 heavy (non-hydrogen) atoms. The lowest BCUT2D eigenvalue weighted by Gasteiger charge is -2.27. The molecule has 2 amide bonds. The lowest BCUT2D eigenvalue weighted by molar-refractivity contribution is -0.115. The van der Waals surface area contributed by atoms with Gasteiger partial charge in [0.2, 0.25) is 5.91 Å². The number of hydrogen-bond donors (Lipinski definition) is 3. The van der Waals surface area contributed by atoms with Gasteiger partial charge in [-0.1, -0.05) is 37.3 Å². The monoisotopic (exact) mass is 336 g/mol. The first kappa shape index (κ1) is 16.3. The summed E-state index contributed by atoms with van der Waals surface area (Å²) in [5.74, 6) is -0.429. The second-order valence-electron chi connectivity index (χ2n) is 6.50. The summed E-state index contributed by atoms with van der Waals surface area (Å²) >= 11 is 6.28. The number of halogens is 1. The molecule has 0 aromatic heterocycles. The lowest BCUT2D eigenvalue weighted by Crippen LogP contribution is -2.42. The predicted octanol–water partition coefficient (Wildman–Crippen LogP) is 2.65. The van der Waals surface area contributed by atoms with E-state index in [1.54, 1.807) is 12.1 Å². The Morgan fingerprint density at radius 1 is 1.26 bits per heavy atom. The molecule has 0 spiro atoms. The van der Waals surface area contributed by atoms with Gasteiger partial charge in [-0.3, -0.25) is 9.59 Å². The predicted molar refractivity (Wildman–Crippen MR) is 88.8 cm³/mol. The summed E-state index contributed by atoms with van der Waals surface area (Å²) in [6.07, 6.45) is 5.86. The normalized spacial score (nSPS) is 19.7. The highest BCUT2D eigenvalue weighted by molar-refractivity contribution is 6.35. The Kier molecular flexibility index (Phi) is 4.60. The molecule has 6 heteroatoms. The molecule has 1 aromatic carbocycles. The number of fused-ring (bicyclic) bond motifs is 1. The molecule has 1 aromatic rings. The molecular weight excluding hydrogens is 316 g/mol. The molecule has 5 nitrogen and oxygen atoms in total. The summed E-state index contributed by atoms with van der Waals surface area (Å²) < 4.78 is 0. The van der Waals surface area contributed by atoms with Gasteiger partial charge in [-0.25, -0.2) is 0 Å². The summed E-state index contributed by atoms with van der Waals surface area (Å²) in [6.45, 7) is 0.233. The van der Waals surface area contributed by atoms with Crippen LogP contribution in [0.3, 0.4) is 0 Å². The maximum Gasteiger partial charge on any atom is 0.252 e. The van der Waals surface area contributed by atoms with E-state index in [4.69, 9.17) is 11.6 Å². The van der Waals surface area contributed by atoms with Crippen LogP contribution in [0.5, 0.6) is 0 Å². The van der Waals surface area contributed by atoms with Crippen LogP contribution in [0.15, 0.2) is 12.1 Å². The smallest absolute Gasteiger partial charge is 0.252 e. The molecule has 0 unspecified atom stereocenters. The number of rotatable bonds is 3. The van der Waals surface area contributed by atoms with Crippen molar-refractivity contribution >= 4 is 29.1 Å². The van der Waals surface area contributed by atoms with Gasteiger partial charge >= 0.3 is 0 Å². The van der Waals surface area contributed by atoms with Crippen molar-refractivity contribution in [3.63, 3.8) is 0 Å². The van der Waals surface area contributed by atoms with Gasteiger partial charge in [-0.15, -0.1) is 0 Å². The van der Waals surface area contributed by atoms with Crippen molar-refractivity contribution in [2.75, 3.05) is 11.9 Å². The van der Waals surface area contributed by atoms with Crippen LogP contribution in [0.25, 0.3) is 0 Å². The van der Waals surface area contributed by atoms with Crippen molar-refractivity contribution < 1.29 is 14.7 Å². The molecule has 1 aliphatic carbocycles. The average molecular weight is 337 g/mol. The van der Waals surface area contributed by atoms with E-state index in [2.05, 4.69) is 10.6 Å². The maximum atomic E-state index is 12.4. The Labute approximate surface area is 140 Å². The van der Waals surface area contributed by atoms with Crippen molar-refractivity contribution in [3.05, 3.63) is 28.3 Å². The molecule has 2 aliphatic rings. The van der Waals surface area contributed by atoms with E-state index in [1.807, 2.05) is 0 Å². The summed E-state index contributed by atoms with van der Waals surface area (Å²) in [5, 5.41) is 16.4. The van der Waals surface area contributed by atoms with Gasteiger partial charge in [0.25, 0.3) is 5.91 Å². The maximum absolute atomic E-state index is 12.4. The zero-order valence-corrected chi connectivity index (χ0v) is 13.7. The van der Waals surface area contributed by atoms with E-state index in [-0.39, 0.29) is 24.8 Å². The first-order chi connectivity index (χ1) is 11.0. The SMILES string of the molecule is O=C1Cc2c(ccc(C(=O)NCC3(O)CCCCCC3)c2Cl)N1. The van der Waals surface area contributed by atoms with Gasteiger partial charge in [0.15, 0.2) is 0 Å². The fraction of sp³-hybridized carbons (Fsp3) is 0.529. The van der Waals surface area contributed by atoms with E-state index < -0.39 is 5.60 Å². The van der Waals surface area contributed by atoms with Gasteiger partial charge in [0, 0.05) is 17.8 Å². The van der Waals surface area contributed by atoms with Crippen molar-refractivity contribution in [2.45, 2.75) is 50.5 Å². The summed E-state index contributed by atoms with van der Waals surface area (Å²) in [4.78, 5) is 23.8. The van der Waals surface area contributed by atoms with Crippen LogP contribution in [-0.4, -0.2) is 29.1 Å². The number of nitrogens with one attached hydrogen (secondary N) is 2. The van der Waals surface area contributed by atoms with Gasteiger partial charge in [-0.05, 0) is 25.0 Å². The molecule has 3 rings (SSSR count). The number of carbonyl (C=O) groups excluding carboxylic acids is 2. The highest BCUT2D eigenvalue weighted by atomic mass is 35.5. The number of carbonyl (C=O) groups is 2. The molecule has 1 saturated carbocycles. The molecule has 1 aliphatic heterocycles. The largest absolute Gasteiger partial charge is 0.388 e. The van der Waals surface area contributed by atoms with E-state index in [1.165, 1.54) is 0 Å². The third kappa shape index (κ3) is 3.51. The standard InChI is InChI=1S/C17H21ClN2O3/c18-15-11(5-6-13-12(15)9-14(21)20-13)16(22)19-10-17(23)7-3-1-2-4-8-17/h5-6,23H,1-4,7-10H2,(H,19,22)(H,20,21). The van der Waals surface area contributed by atoms with E-state index >= 15 is 0 Å². The van der Waals surface area contributed by atoms with Crippen LogP contribution >= 0.6 is 11.6 Å². The Morgan fingerprint density at radius 2 is 1.96 bits per heavy atom. The van der Waals surface area contributed by atoms with Crippen LogP contribution in [-0.2, 0) is 11.2 Å². The number of aliphatic hydroxyl groups is 1. The second-order valence-corrected chi connectivity index (χ2v) is 6.88. The van der Waals surface area contributed by atoms with Crippen LogP contribution in [0.4, 0.5) is 5.69 Å². The molecule has 3 N–H and O–H groups in total. The van der Waals surface area contributed by atoms with Crippen molar-refractivity contribution in [1.29, 1.82) is 0 Å². The fourth-order valence-electron chi connectivity index (χ4n) is 3.34. The topological polar surface area (TPSA) is 78.4 Å². The number of hydrogen-bond acceptors (Lipinski definition) is 3. The highest BCUT2D eigenvalue weighted by Gasteiger charge is 2.29. The van der Waals surface area contributed by atoms with Crippen molar-refractivity contribution in [1.82, 2.24) is 5.32 Å². The Morgan fingerprint density at radius 3 is 2.65 bits per heavy atom. The molecule has 0 atom stereocenters. The van der Waals surface area contributed by atoms with Crippen LogP contribution in [0, 0.1) is 0 Å². The zero-order chi connectivity index (χ0) is 16.4. The van der Waals surface area contributed by atoms with Crippen LogP contribution in [0.2, 0.25) is 5.02 Å². The Balaban J connectivity index is 1.69. The first-order valence-electron chi connectivity index (χ1n) is 8.10. The van der Waals surface area contributed by atoms with Gasteiger partial charge in [-0.2, -0.15) is 0 Å². The zero-order valence-electron chi connectivity index (χ0n) is 13.0. The molecule has 0 radical (unpaired) electrons. The van der Waals surface area contributed by atoms with Gasteiger partial charge in [0.1, 0.15) is 0 Å². The van der Waals surface area contributed by atoms with Gasteiger partial charge in [0.05, 0.1) is 22.6 Å². The quantitative estimate of drug-likeness (QED) is 0.742. The van der Waals surface area contributed by atoms with Gasteiger partial charge < -0.3 is 15.7 Å². The van der Waals surface area contributed by atoms with Crippen LogP contribution in [0.1, 0.15) is 54.4 Å². The highest BCUT2D eigenvalue weighted by Crippen LogP contribution is 2.33. The summed E-state index contributed by atoms with van der Waals surface area (Å²) in [7, 11) is 0. The third-order valence-corrected chi connectivity index (χ3v) is 5.14. The minimum atomic E-state index is -0.827. The average Bonchev–Trinajstić information content (AvgIpc) is 2.77. The molecule has 1 heterocycles. The van der Waals surface area contributed by atoms with Crippen LogP contribution < -0.4 is 10.6 Å². The fourth-order valence-corrected chi connectivity index (χ4v) is 3.66. The minimum Gasteiger partial charge on any atom is -0.388 e.